The number of hydrogen-bond acceptors (Lipinski definition) is 7. The second-order valence-corrected chi connectivity index (χ2v) is 11.0. The molecule has 6 nitrogen and oxygen atoms in total. The van der Waals surface area contributed by atoms with E-state index in [-0.39, 0.29) is 23.8 Å². The summed E-state index contributed by atoms with van der Waals surface area (Å²) in [5.41, 5.74) is 9.67. The van der Waals surface area contributed by atoms with Crippen LogP contribution in [0.2, 0.25) is 0 Å². The van der Waals surface area contributed by atoms with Crippen molar-refractivity contribution in [3.8, 4) is 0 Å². The summed E-state index contributed by atoms with van der Waals surface area (Å²) in [6, 6.07) is 19.7. The highest BCUT2D eigenvalue weighted by atomic mass is 32.2. The minimum Gasteiger partial charge on any atom is -0.383 e. The molecular formula is C27H28N4O2S2. The zero-order valence-electron chi connectivity index (χ0n) is 19.7. The van der Waals surface area contributed by atoms with E-state index in [1.165, 1.54) is 22.2 Å². The minimum absolute atomic E-state index is 0.0892. The molecule has 0 spiro atoms. The van der Waals surface area contributed by atoms with Crippen LogP contribution >= 0.6 is 23.1 Å². The predicted molar refractivity (Wildman–Crippen MR) is 143 cm³/mol. The Morgan fingerprint density at radius 1 is 1.11 bits per heavy atom. The van der Waals surface area contributed by atoms with E-state index < -0.39 is 0 Å². The third-order valence-corrected chi connectivity index (χ3v) is 8.17. The zero-order chi connectivity index (χ0) is 24.4. The summed E-state index contributed by atoms with van der Waals surface area (Å²) in [7, 11) is 0. The van der Waals surface area contributed by atoms with Gasteiger partial charge in [0, 0.05) is 11.3 Å². The van der Waals surface area contributed by atoms with Crippen molar-refractivity contribution >= 4 is 45.0 Å². The number of ether oxygens (including phenoxy) is 1. The van der Waals surface area contributed by atoms with Crippen LogP contribution in [0.5, 0.6) is 0 Å². The van der Waals surface area contributed by atoms with Crippen molar-refractivity contribution in [2.75, 3.05) is 11.5 Å². The Morgan fingerprint density at radius 2 is 1.77 bits per heavy atom. The van der Waals surface area contributed by atoms with Crippen LogP contribution in [0, 0.1) is 5.92 Å². The highest BCUT2D eigenvalue weighted by molar-refractivity contribution is 7.99. The molecule has 0 radical (unpaired) electrons. The van der Waals surface area contributed by atoms with Crippen LogP contribution in [0.4, 0.5) is 5.82 Å². The molecule has 180 valence electrons. The van der Waals surface area contributed by atoms with Crippen molar-refractivity contribution in [1.82, 2.24) is 15.3 Å². The second kappa shape index (κ2) is 10.4. The molecule has 1 aliphatic rings. The molecule has 0 unspecified atom stereocenters. The summed E-state index contributed by atoms with van der Waals surface area (Å²) < 4.78 is 6.02. The van der Waals surface area contributed by atoms with E-state index in [0.717, 1.165) is 27.8 Å². The average molecular weight is 505 g/mol. The lowest BCUT2D eigenvalue weighted by Crippen LogP contribution is -2.30. The quantitative estimate of drug-likeness (QED) is 0.260. The van der Waals surface area contributed by atoms with Crippen molar-refractivity contribution in [2.24, 2.45) is 5.92 Å². The third-order valence-electron chi connectivity index (χ3n) is 6.22. The first kappa shape index (κ1) is 23.8. The van der Waals surface area contributed by atoms with Crippen molar-refractivity contribution in [2.45, 2.75) is 44.2 Å². The maximum Gasteiger partial charge on any atom is 0.231 e. The Kier molecular flexibility index (Phi) is 7.04. The monoisotopic (exact) mass is 504 g/mol. The Balaban J connectivity index is 1.31. The SMILES string of the molecule is CC(C)[C@@H]1Cc2c(sc3nc(SCC(=O)NC(c4ccccc4)c4ccccc4)nc(N)c23)CO1. The molecule has 2 aromatic carbocycles. The molecule has 4 aromatic rings. The van der Waals surface area contributed by atoms with Crippen LogP contribution in [0.15, 0.2) is 65.8 Å². The summed E-state index contributed by atoms with van der Waals surface area (Å²) in [4.78, 5) is 24.3. The molecule has 1 aliphatic heterocycles. The second-order valence-electron chi connectivity index (χ2n) is 8.98. The number of nitrogens with two attached hydrogens (primary N) is 1. The standard InChI is InChI=1S/C27H28N4O2S2/c1-16(2)20-13-19-21(14-33-20)35-26-23(19)25(28)30-27(31-26)34-15-22(32)29-24(17-9-5-3-6-10-17)18-11-7-4-8-12-18/h3-12,16,20,24H,13-15H2,1-2H3,(H,29,32)(H2,28,30,31)/t20-/m0/s1. The van der Waals surface area contributed by atoms with Crippen LogP contribution in [0.25, 0.3) is 10.2 Å². The molecule has 0 bridgehead atoms. The van der Waals surface area contributed by atoms with Crippen LogP contribution in [-0.4, -0.2) is 27.7 Å². The lowest BCUT2D eigenvalue weighted by Gasteiger charge is -2.26. The maximum absolute atomic E-state index is 12.9. The highest BCUT2D eigenvalue weighted by Gasteiger charge is 2.27. The summed E-state index contributed by atoms with van der Waals surface area (Å²) in [5, 5.41) is 4.63. The molecular weight excluding hydrogens is 476 g/mol. The first-order valence-corrected chi connectivity index (χ1v) is 13.5. The first-order chi connectivity index (χ1) is 17.0. The van der Waals surface area contributed by atoms with Crippen LogP contribution in [0.3, 0.4) is 0 Å². The predicted octanol–water partition coefficient (Wildman–Crippen LogP) is 5.37. The van der Waals surface area contributed by atoms with Crippen molar-refractivity contribution in [3.05, 3.63) is 82.2 Å². The number of nitrogens with one attached hydrogen (secondary N) is 1. The fourth-order valence-electron chi connectivity index (χ4n) is 4.36. The molecule has 3 N–H and O–H groups in total. The Morgan fingerprint density at radius 3 is 2.40 bits per heavy atom. The maximum atomic E-state index is 12.9. The Bertz CT molecular complexity index is 1290. The smallest absolute Gasteiger partial charge is 0.231 e. The normalized spacial score (nSPS) is 15.5. The van der Waals surface area contributed by atoms with Gasteiger partial charge in [0.15, 0.2) is 5.16 Å². The van der Waals surface area contributed by atoms with Gasteiger partial charge in [-0.1, -0.05) is 86.3 Å². The number of aromatic nitrogens is 2. The Hall–Kier alpha value is -2.94. The van der Waals surface area contributed by atoms with Gasteiger partial charge in [0.1, 0.15) is 10.6 Å². The summed E-state index contributed by atoms with van der Waals surface area (Å²) in [6.07, 6.45) is 1.01. The van der Waals surface area contributed by atoms with Crippen molar-refractivity contribution in [3.63, 3.8) is 0 Å². The van der Waals surface area contributed by atoms with E-state index in [2.05, 4.69) is 24.1 Å². The average Bonchev–Trinajstić information content (AvgIpc) is 3.25. The number of fused-ring (bicyclic) bond motifs is 3. The number of nitrogen functional groups attached to an aromatic ring is 1. The molecule has 1 amide bonds. The van der Waals surface area contributed by atoms with Gasteiger partial charge in [0.25, 0.3) is 0 Å². The number of thiophene rings is 1. The summed E-state index contributed by atoms with van der Waals surface area (Å²) in [5.74, 6) is 1.02. The summed E-state index contributed by atoms with van der Waals surface area (Å²) in [6.45, 7) is 4.93. The third kappa shape index (κ3) is 5.19. The van der Waals surface area contributed by atoms with Gasteiger partial charge in [-0.15, -0.1) is 11.3 Å². The van der Waals surface area contributed by atoms with Crippen molar-refractivity contribution < 1.29 is 9.53 Å². The number of benzene rings is 2. The number of nitrogens with zero attached hydrogens (tertiary/aromatic N) is 2. The number of hydrogen-bond donors (Lipinski definition) is 2. The van der Waals surface area contributed by atoms with E-state index in [9.17, 15) is 4.79 Å². The van der Waals surface area contributed by atoms with E-state index in [4.69, 9.17) is 15.5 Å². The molecule has 0 saturated carbocycles. The lowest BCUT2D eigenvalue weighted by molar-refractivity contribution is -0.119. The molecule has 0 aliphatic carbocycles. The molecule has 35 heavy (non-hydrogen) atoms. The van der Waals surface area contributed by atoms with Gasteiger partial charge < -0.3 is 15.8 Å². The fraction of sp³-hybridized carbons (Fsp3) is 0.296. The number of rotatable bonds is 7. The van der Waals surface area contributed by atoms with E-state index in [1.54, 1.807) is 11.3 Å². The minimum atomic E-state index is -0.225. The fourth-order valence-corrected chi connectivity index (χ4v) is 6.21. The van der Waals surface area contributed by atoms with Gasteiger partial charge in [-0.3, -0.25) is 4.79 Å². The number of carbonyl (C=O) groups is 1. The van der Waals surface area contributed by atoms with Gasteiger partial charge in [-0.2, -0.15) is 0 Å². The van der Waals surface area contributed by atoms with E-state index in [0.29, 0.717) is 23.5 Å². The molecule has 3 heterocycles. The molecule has 0 fully saturated rings. The van der Waals surface area contributed by atoms with Crippen molar-refractivity contribution in [1.29, 1.82) is 0 Å². The van der Waals surface area contributed by atoms with Crippen LogP contribution in [0.1, 0.15) is 41.5 Å². The van der Waals surface area contributed by atoms with Gasteiger partial charge in [-0.25, -0.2) is 9.97 Å². The molecule has 0 saturated heterocycles. The number of thioether (sulfide) groups is 1. The Labute approximate surface area is 213 Å². The van der Waals surface area contributed by atoms with E-state index in [1.807, 2.05) is 60.7 Å². The molecule has 5 rings (SSSR count). The van der Waals surface area contributed by atoms with E-state index >= 15 is 0 Å². The zero-order valence-corrected chi connectivity index (χ0v) is 21.4. The topological polar surface area (TPSA) is 90.1 Å². The van der Waals surface area contributed by atoms with Crippen LogP contribution < -0.4 is 11.1 Å². The molecule has 1 atom stereocenters. The van der Waals surface area contributed by atoms with Crippen LogP contribution in [-0.2, 0) is 22.6 Å². The number of carbonyl (C=O) groups excluding carboxylic acids is 1. The van der Waals surface area contributed by atoms with Gasteiger partial charge in [-0.05, 0) is 22.6 Å². The van der Waals surface area contributed by atoms with Gasteiger partial charge in [0.05, 0.1) is 29.9 Å². The number of amides is 1. The lowest BCUT2D eigenvalue weighted by atomic mass is 9.96. The first-order valence-electron chi connectivity index (χ1n) is 11.7. The summed E-state index contributed by atoms with van der Waals surface area (Å²) >= 11 is 2.91. The molecule has 8 heteroatoms. The largest absolute Gasteiger partial charge is 0.383 e. The molecule has 2 aromatic heterocycles. The highest BCUT2D eigenvalue weighted by Crippen LogP contribution is 2.39. The number of anilines is 1. The van der Waals surface area contributed by atoms with Gasteiger partial charge in [0.2, 0.25) is 5.91 Å². The van der Waals surface area contributed by atoms with Gasteiger partial charge >= 0.3 is 0 Å².